The molecule has 5 rings (SSSR count). The van der Waals surface area contributed by atoms with Gasteiger partial charge in [0.1, 0.15) is 11.4 Å². The molecule has 2 heterocycles. The Morgan fingerprint density at radius 2 is 1.74 bits per heavy atom. The third-order valence-electron chi connectivity index (χ3n) is 8.78. The van der Waals surface area contributed by atoms with Crippen molar-refractivity contribution in [1.82, 2.24) is 20.5 Å². The zero-order chi connectivity index (χ0) is 33.6. The number of nitrogens with zero attached hydrogens (tertiary/aromatic N) is 2. The van der Waals surface area contributed by atoms with Gasteiger partial charge < -0.3 is 20.1 Å². The number of pyridine rings is 1. The molecule has 10 nitrogen and oxygen atoms in total. The number of Topliss-reactive ketones (excluding diaryl/α,β-unsaturated/α-hetero) is 1. The van der Waals surface area contributed by atoms with E-state index in [1.165, 1.54) is 0 Å². The summed E-state index contributed by atoms with van der Waals surface area (Å²) in [4.78, 5) is 44.0. The zero-order valence-corrected chi connectivity index (χ0v) is 27.9. The molecule has 0 unspecified atom stereocenters. The lowest BCUT2D eigenvalue weighted by atomic mass is 9.77. The Morgan fingerprint density at radius 3 is 2.43 bits per heavy atom. The van der Waals surface area contributed by atoms with Crippen LogP contribution in [0.25, 0.3) is 22.0 Å². The summed E-state index contributed by atoms with van der Waals surface area (Å²) >= 11 is 0. The Kier molecular flexibility index (Phi) is 10.6. The van der Waals surface area contributed by atoms with Crippen LogP contribution in [0.2, 0.25) is 0 Å². The van der Waals surface area contributed by atoms with E-state index in [4.69, 9.17) is 9.47 Å². The smallest absolute Gasteiger partial charge is 0.407 e. The summed E-state index contributed by atoms with van der Waals surface area (Å²) in [5.74, 6) is 0.153. The molecular weight excluding hydrogens is 594 g/mol. The molecule has 2 aromatic heterocycles. The van der Waals surface area contributed by atoms with E-state index in [2.05, 4.69) is 25.8 Å². The molecule has 0 aliphatic heterocycles. The molecule has 0 saturated heterocycles. The Hall–Kier alpha value is -4.73. The number of benzene rings is 2. The van der Waals surface area contributed by atoms with Crippen LogP contribution in [-0.2, 0) is 20.7 Å². The summed E-state index contributed by atoms with van der Waals surface area (Å²) in [7, 11) is 1.60. The molecule has 1 aliphatic rings. The molecule has 1 aliphatic carbocycles. The van der Waals surface area contributed by atoms with E-state index >= 15 is 0 Å². The van der Waals surface area contributed by atoms with E-state index in [1.54, 1.807) is 13.3 Å². The first kappa shape index (κ1) is 33.6. The van der Waals surface area contributed by atoms with E-state index in [9.17, 15) is 14.4 Å². The summed E-state index contributed by atoms with van der Waals surface area (Å²) in [6, 6.07) is 17.5. The molecule has 1 atom stereocenters. The van der Waals surface area contributed by atoms with E-state index in [-0.39, 0.29) is 24.0 Å². The van der Waals surface area contributed by atoms with Crippen LogP contribution in [0, 0.1) is 24.7 Å². The number of anilines is 1. The Labute approximate surface area is 276 Å². The van der Waals surface area contributed by atoms with Crippen LogP contribution in [0.1, 0.15) is 64.1 Å². The third kappa shape index (κ3) is 9.18. The lowest BCUT2D eigenvalue weighted by Crippen LogP contribution is -2.37. The summed E-state index contributed by atoms with van der Waals surface area (Å²) in [5, 5.41) is 13.9. The van der Waals surface area contributed by atoms with Crippen LogP contribution in [0.5, 0.6) is 5.88 Å². The lowest BCUT2D eigenvalue weighted by Gasteiger charge is -2.29. The van der Waals surface area contributed by atoms with Gasteiger partial charge in [0, 0.05) is 53.2 Å². The number of rotatable bonds is 11. The largest absolute Gasteiger partial charge is 0.481 e. The van der Waals surface area contributed by atoms with Crippen molar-refractivity contribution in [3.63, 3.8) is 0 Å². The van der Waals surface area contributed by atoms with Crippen molar-refractivity contribution < 1.29 is 23.9 Å². The van der Waals surface area contributed by atoms with Crippen molar-refractivity contribution in [2.45, 2.75) is 71.8 Å². The normalized spacial score (nSPS) is 17.1. The van der Waals surface area contributed by atoms with Crippen LogP contribution in [0.4, 0.5) is 10.5 Å². The second-order valence-electron chi connectivity index (χ2n) is 13.5. The highest BCUT2D eigenvalue weighted by Gasteiger charge is 2.31. The summed E-state index contributed by atoms with van der Waals surface area (Å²) in [6.07, 6.45) is 5.08. The SMILES string of the molecule is COc1ccc(-c2ccc(C[C@H](CC(=O)C3CCC(CNC(=O)OC(C)(C)C)CC3)C(=O)Nc3ccc4cn[nH]c4c3)cc2)c(C)n1. The molecule has 1 saturated carbocycles. The monoisotopic (exact) mass is 639 g/mol. The van der Waals surface area contributed by atoms with Gasteiger partial charge in [0.05, 0.1) is 18.8 Å². The van der Waals surface area contributed by atoms with Gasteiger partial charge in [-0.2, -0.15) is 5.10 Å². The summed E-state index contributed by atoms with van der Waals surface area (Å²) in [5.41, 5.74) is 4.80. The van der Waals surface area contributed by atoms with E-state index in [0.29, 0.717) is 30.5 Å². The van der Waals surface area contributed by atoms with Gasteiger partial charge in [-0.25, -0.2) is 9.78 Å². The number of ether oxygens (including phenoxy) is 2. The number of hydrogen-bond donors (Lipinski definition) is 3. The average molecular weight is 640 g/mol. The van der Waals surface area contributed by atoms with Crippen LogP contribution in [0.15, 0.2) is 60.8 Å². The molecule has 2 amide bonds. The van der Waals surface area contributed by atoms with Gasteiger partial charge in [-0.15, -0.1) is 0 Å². The molecule has 0 radical (unpaired) electrons. The lowest BCUT2D eigenvalue weighted by molar-refractivity contribution is -0.129. The fourth-order valence-corrected chi connectivity index (χ4v) is 6.22. The molecule has 3 N–H and O–H groups in total. The number of aromatic amines is 1. The Morgan fingerprint density at radius 1 is 1.00 bits per heavy atom. The van der Waals surface area contributed by atoms with Gasteiger partial charge in [0.25, 0.3) is 0 Å². The number of ketones is 1. The fourth-order valence-electron chi connectivity index (χ4n) is 6.22. The molecule has 0 bridgehead atoms. The predicted octanol–water partition coefficient (Wildman–Crippen LogP) is 7.03. The van der Waals surface area contributed by atoms with Crippen molar-refractivity contribution >= 4 is 34.4 Å². The van der Waals surface area contributed by atoms with Gasteiger partial charge in [-0.3, -0.25) is 14.7 Å². The first-order valence-electron chi connectivity index (χ1n) is 16.3. The van der Waals surface area contributed by atoms with Crippen molar-refractivity contribution in [3.05, 3.63) is 72.1 Å². The number of carbonyl (C=O) groups excluding carboxylic acids is 3. The minimum absolute atomic E-state index is 0.0997. The number of aromatic nitrogens is 3. The fraction of sp³-hybridized carbons (Fsp3) is 0.432. The first-order valence-corrected chi connectivity index (χ1v) is 16.3. The molecule has 2 aromatic carbocycles. The highest BCUT2D eigenvalue weighted by Crippen LogP contribution is 2.32. The third-order valence-corrected chi connectivity index (χ3v) is 8.78. The Balaban J connectivity index is 1.24. The van der Waals surface area contributed by atoms with E-state index < -0.39 is 17.6 Å². The number of hydrogen-bond acceptors (Lipinski definition) is 7. The number of fused-ring (bicyclic) bond motifs is 1. The first-order chi connectivity index (χ1) is 22.5. The highest BCUT2D eigenvalue weighted by molar-refractivity contribution is 5.97. The van der Waals surface area contributed by atoms with Crippen LogP contribution < -0.4 is 15.4 Å². The quantitative estimate of drug-likeness (QED) is 0.160. The predicted molar refractivity (Wildman–Crippen MR) is 182 cm³/mol. The van der Waals surface area contributed by atoms with Crippen molar-refractivity contribution in [2.75, 3.05) is 19.0 Å². The van der Waals surface area contributed by atoms with Gasteiger partial charge in [0.2, 0.25) is 11.8 Å². The molecule has 47 heavy (non-hydrogen) atoms. The molecule has 4 aromatic rings. The van der Waals surface area contributed by atoms with Crippen LogP contribution >= 0.6 is 0 Å². The molecule has 1 fully saturated rings. The number of amides is 2. The van der Waals surface area contributed by atoms with Crippen LogP contribution in [-0.4, -0.2) is 52.2 Å². The van der Waals surface area contributed by atoms with Gasteiger partial charge in [-0.1, -0.05) is 24.3 Å². The highest BCUT2D eigenvalue weighted by atomic mass is 16.6. The van der Waals surface area contributed by atoms with Crippen LogP contribution in [0.3, 0.4) is 0 Å². The van der Waals surface area contributed by atoms with Gasteiger partial charge in [-0.05, 0) is 101 Å². The maximum Gasteiger partial charge on any atom is 0.407 e. The number of alkyl carbamates (subject to hydrolysis) is 1. The molecule has 0 spiro atoms. The van der Waals surface area contributed by atoms with Gasteiger partial charge in [0.15, 0.2) is 0 Å². The van der Waals surface area contributed by atoms with Crippen molar-refractivity contribution in [1.29, 1.82) is 0 Å². The van der Waals surface area contributed by atoms with Gasteiger partial charge >= 0.3 is 6.09 Å². The number of nitrogens with one attached hydrogen (secondary N) is 3. The summed E-state index contributed by atoms with van der Waals surface area (Å²) in [6.45, 7) is 7.99. The molecule has 10 heteroatoms. The van der Waals surface area contributed by atoms with Crippen molar-refractivity contribution in [2.24, 2.45) is 17.8 Å². The summed E-state index contributed by atoms with van der Waals surface area (Å²) < 4.78 is 10.6. The number of H-pyrrole nitrogens is 1. The number of methoxy groups -OCH3 is 1. The number of aryl methyl sites for hydroxylation is 1. The maximum absolute atomic E-state index is 13.7. The second-order valence-corrected chi connectivity index (χ2v) is 13.5. The number of carbonyl (C=O) groups is 3. The molecular formula is C37H45N5O5. The standard InChI is InChI=1S/C37H45N5O5/c1-23-31(16-17-34(40-23)46-5)26-10-6-24(7-11-26)18-29(35(44)41-30-15-14-28-22-39-42-32(28)20-30)19-33(43)27-12-8-25(9-13-27)21-38-36(45)47-37(2,3)4/h6-7,10-11,14-17,20,22,25,27,29H,8-9,12-13,18-19,21H2,1-5H3,(H,38,45)(H,39,42)(H,41,44)/t25?,27?,29-/m1/s1. The second kappa shape index (κ2) is 14.8. The van der Waals surface area contributed by atoms with E-state index in [1.807, 2.05) is 82.3 Å². The van der Waals surface area contributed by atoms with E-state index in [0.717, 1.165) is 59.0 Å². The minimum atomic E-state index is -0.544. The Bertz CT molecular complexity index is 1700. The van der Waals surface area contributed by atoms with Crippen molar-refractivity contribution in [3.8, 4) is 17.0 Å². The average Bonchev–Trinajstić information content (AvgIpc) is 3.51. The topological polar surface area (TPSA) is 135 Å². The zero-order valence-electron chi connectivity index (χ0n) is 27.9. The minimum Gasteiger partial charge on any atom is -0.481 e. The maximum atomic E-state index is 13.7. The molecule has 248 valence electrons.